The van der Waals surface area contributed by atoms with E-state index in [1.54, 1.807) is 0 Å². The Morgan fingerprint density at radius 1 is 1.50 bits per heavy atom. The van der Waals surface area contributed by atoms with Crippen LogP contribution >= 0.6 is 11.6 Å². The van der Waals surface area contributed by atoms with Crippen molar-refractivity contribution in [2.75, 3.05) is 5.73 Å². The molecule has 0 aliphatic heterocycles. The number of hydrogen-bond acceptors (Lipinski definition) is 4. The molecule has 0 radical (unpaired) electrons. The average molecular weight is 264 g/mol. The zero-order valence-electron chi connectivity index (χ0n) is 8.34. The van der Waals surface area contributed by atoms with Crippen LogP contribution in [0.5, 0.6) is 0 Å². The number of rotatable bonds is 3. The molecule has 0 aliphatic carbocycles. The second kappa shape index (κ2) is 4.31. The molecular formula is C9H10ClNO4S. The highest BCUT2D eigenvalue weighted by Gasteiger charge is 2.29. The number of anilines is 1. The van der Waals surface area contributed by atoms with E-state index >= 15 is 0 Å². The van der Waals surface area contributed by atoms with E-state index in [1.807, 2.05) is 0 Å². The van der Waals surface area contributed by atoms with E-state index in [0.717, 1.165) is 13.0 Å². The minimum absolute atomic E-state index is 0.0821. The van der Waals surface area contributed by atoms with Crippen molar-refractivity contribution in [2.45, 2.75) is 17.1 Å². The van der Waals surface area contributed by atoms with Gasteiger partial charge in [-0.3, -0.25) is 4.79 Å². The number of carboxylic acid groups (broad SMARTS) is 1. The Balaban J connectivity index is 3.28. The normalized spacial score (nSPS) is 13.4. The van der Waals surface area contributed by atoms with Crippen molar-refractivity contribution in [1.82, 2.24) is 0 Å². The lowest BCUT2D eigenvalue weighted by atomic mass is 10.3. The third-order valence-corrected chi connectivity index (χ3v) is 4.48. The monoisotopic (exact) mass is 263 g/mol. The van der Waals surface area contributed by atoms with Crippen LogP contribution in [0.1, 0.15) is 6.92 Å². The van der Waals surface area contributed by atoms with Gasteiger partial charge in [-0.25, -0.2) is 8.42 Å². The number of aliphatic carboxylic acids is 1. The summed E-state index contributed by atoms with van der Waals surface area (Å²) >= 11 is 5.67. The van der Waals surface area contributed by atoms with Crippen molar-refractivity contribution in [3.05, 3.63) is 23.2 Å². The van der Waals surface area contributed by atoms with E-state index in [2.05, 4.69) is 0 Å². The maximum atomic E-state index is 11.8. The summed E-state index contributed by atoms with van der Waals surface area (Å²) in [4.78, 5) is 10.5. The van der Waals surface area contributed by atoms with Crippen LogP contribution in [0.2, 0.25) is 5.02 Å². The molecule has 0 spiro atoms. The number of nitrogens with two attached hydrogens (primary N) is 1. The van der Waals surface area contributed by atoms with Gasteiger partial charge in [-0.15, -0.1) is 0 Å². The molecule has 0 saturated carbocycles. The number of sulfone groups is 1. The Hall–Kier alpha value is -1.27. The first-order valence-electron chi connectivity index (χ1n) is 4.28. The Bertz CT molecular complexity index is 526. The van der Waals surface area contributed by atoms with E-state index in [1.165, 1.54) is 12.1 Å². The Morgan fingerprint density at radius 2 is 2.06 bits per heavy atom. The van der Waals surface area contributed by atoms with Gasteiger partial charge in [0, 0.05) is 0 Å². The number of carbonyl (C=O) groups is 1. The van der Waals surface area contributed by atoms with Crippen molar-refractivity contribution >= 4 is 33.1 Å². The number of benzene rings is 1. The fourth-order valence-corrected chi connectivity index (χ4v) is 2.48. The largest absolute Gasteiger partial charge is 0.480 e. The standard InChI is InChI=1S/C9H10ClNO4S/c1-5(9(12)13)16(14,15)6-2-3-8(11)7(10)4-6/h2-5H,11H2,1H3,(H,12,13). The van der Waals surface area contributed by atoms with Gasteiger partial charge in [0.15, 0.2) is 15.1 Å². The second-order valence-electron chi connectivity index (χ2n) is 3.21. The summed E-state index contributed by atoms with van der Waals surface area (Å²) in [6.07, 6.45) is 0. The third-order valence-electron chi connectivity index (χ3n) is 2.11. The van der Waals surface area contributed by atoms with Crippen LogP contribution in [0, 0.1) is 0 Å². The van der Waals surface area contributed by atoms with Crippen LogP contribution in [-0.4, -0.2) is 24.7 Å². The Labute approximate surface area is 97.8 Å². The number of carboxylic acids is 1. The smallest absolute Gasteiger partial charge is 0.321 e. The molecule has 7 heteroatoms. The number of halogens is 1. The van der Waals surface area contributed by atoms with E-state index < -0.39 is 21.1 Å². The zero-order valence-corrected chi connectivity index (χ0v) is 9.92. The predicted molar refractivity (Wildman–Crippen MR) is 60.1 cm³/mol. The molecule has 1 atom stereocenters. The van der Waals surface area contributed by atoms with Gasteiger partial charge < -0.3 is 10.8 Å². The van der Waals surface area contributed by atoms with Crippen molar-refractivity contribution in [3.63, 3.8) is 0 Å². The summed E-state index contributed by atoms with van der Waals surface area (Å²) in [5, 5.41) is 7.23. The predicted octanol–water partition coefficient (Wildman–Crippen LogP) is 1.17. The van der Waals surface area contributed by atoms with Crippen molar-refractivity contribution in [3.8, 4) is 0 Å². The highest BCUT2D eigenvalue weighted by molar-refractivity contribution is 7.92. The SMILES string of the molecule is CC(C(=O)O)S(=O)(=O)c1ccc(N)c(Cl)c1. The molecule has 0 aliphatic rings. The van der Waals surface area contributed by atoms with Crippen LogP contribution in [-0.2, 0) is 14.6 Å². The fraction of sp³-hybridized carbons (Fsp3) is 0.222. The quantitative estimate of drug-likeness (QED) is 0.798. The first kappa shape index (κ1) is 12.8. The molecule has 0 bridgehead atoms. The van der Waals surface area contributed by atoms with Crippen LogP contribution in [0.25, 0.3) is 0 Å². The van der Waals surface area contributed by atoms with Crippen LogP contribution in [0.15, 0.2) is 23.1 Å². The second-order valence-corrected chi connectivity index (χ2v) is 5.88. The van der Waals surface area contributed by atoms with Gasteiger partial charge in [-0.2, -0.15) is 0 Å². The molecule has 0 aromatic heterocycles. The van der Waals surface area contributed by atoms with Gasteiger partial charge in [0.05, 0.1) is 15.6 Å². The van der Waals surface area contributed by atoms with Gasteiger partial charge in [0.2, 0.25) is 0 Å². The number of nitrogen functional groups attached to an aromatic ring is 1. The van der Waals surface area contributed by atoms with E-state index in [4.69, 9.17) is 22.4 Å². The van der Waals surface area contributed by atoms with Crippen molar-refractivity contribution in [1.29, 1.82) is 0 Å². The van der Waals surface area contributed by atoms with Crippen LogP contribution < -0.4 is 5.73 Å². The molecular weight excluding hydrogens is 254 g/mol. The molecule has 5 nitrogen and oxygen atoms in total. The molecule has 1 rings (SSSR count). The molecule has 0 amide bonds. The lowest BCUT2D eigenvalue weighted by molar-refractivity contribution is -0.136. The lowest BCUT2D eigenvalue weighted by Crippen LogP contribution is -2.26. The molecule has 3 N–H and O–H groups in total. The molecule has 1 aromatic rings. The third kappa shape index (κ3) is 2.28. The maximum absolute atomic E-state index is 11.8. The van der Waals surface area contributed by atoms with E-state index in [-0.39, 0.29) is 15.6 Å². The summed E-state index contributed by atoms with van der Waals surface area (Å²) in [6, 6.07) is 3.70. The summed E-state index contributed by atoms with van der Waals surface area (Å²) in [5.74, 6) is -1.41. The summed E-state index contributed by atoms with van der Waals surface area (Å²) in [7, 11) is -3.92. The first-order valence-corrected chi connectivity index (χ1v) is 6.21. The zero-order chi connectivity index (χ0) is 12.5. The van der Waals surface area contributed by atoms with E-state index in [0.29, 0.717) is 0 Å². The summed E-state index contributed by atoms with van der Waals surface area (Å²) in [6.45, 7) is 1.10. The molecule has 0 fully saturated rings. The molecule has 16 heavy (non-hydrogen) atoms. The van der Waals surface area contributed by atoms with E-state index in [9.17, 15) is 13.2 Å². The summed E-state index contributed by atoms with van der Waals surface area (Å²) < 4.78 is 23.5. The highest BCUT2D eigenvalue weighted by atomic mass is 35.5. The molecule has 1 unspecified atom stereocenters. The first-order chi connectivity index (χ1) is 7.26. The Kier molecular flexibility index (Phi) is 3.44. The molecule has 1 aromatic carbocycles. The van der Waals surface area contributed by atoms with Crippen molar-refractivity contribution < 1.29 is 18.3 Å². The van der Waals surface area contributed by atoms with Gasteiger partial charge in [-0.05, 0) is 25.1 Å². The highest BCUT2D eigenvalue weighted by Crippen LogP contribution is 2.24. The molecule has 0 heterocycles. The minimum atomic E-state index is -3.92. The molecule has 88 valence electrons. The van der Waals surface area contributed by atoms with Gasteiger partial charge in [-0.1, -0.05) is 11.6 Å². The summed E-state index contributed by atoms with van der Waals surface area (Å²) in [5.41, 5.74) is 5.66. The van der Waals surface area contributed by atoms with Gasteiger partial charge in [0.25, 0.3) is 0 Å². The maximum Gasteiger partial charge on any atom is 0.321 e. The Morgan fingerprint density at radius 3 is 2.50 bits per heavy atom. The molecule has 0 saturated heterocycles. The van der Waals surface area contributed by atoms with Crippen LogP contribution in [0.3, 0.4) is 0 Å². The van der Waals surface area contributed by atoms with Crippen molar-refractivity contribution in [2.24, 2.45) is 0 Å². The topological polar surface area (TPSA) is 97.5 Å². The van der Waals surface area contributed by atoms with Gasteiger partial charge in [0.1, 0.15) is 0 Å². The fourth-order valence-electron chi connectivity index (χ4n) is 1.02. The lowest BCUT2D eigenvalue weighted by Gasteiger charge is -2.09. The average Bonchev–Trinajstić information content (AvgIpc) is 2.20. The van der Waals surface area contributed by atoms with Crippen LogP contribution in [0.4, 0.5) is 5.69 Å². The minimum Gasteiger partial charge on any atom is -0.480 e. The number of hydrogen-bond donors (Lipinski definition) is 2. The van der Waals surface area contributed by atoms with Gasteiger partial charge >= 0.3 is 5.97 Å².